The van der Waals surface area contributed by atoms with Crippen LogP contribution < -0.4 is 0 Å². The van der Waals surface area contributed by atoms with Crippen LogP contribution in [0.5, 0.6) is 0 Å². The predicted octanol–water partition coefficient (Wildman–Crippen LogP) is 5.58. The third-order valence-corrected chi connectivity index (χ3v) is 8.74. The van der Waals surface area contributed by atoms with Crippen molar-refractivity contribution < 1.29 is 4.79 Å². The van der Waals surface area contributed by atoms with Gasteiger partial charge in [0.05, 0.1) is 5.92 Å². The topological polar surface area (TPSA) is 28.5 Å². The van der Waals surface area contributed by atoms with E-state index >= 15 is 0 Å². The average molecular weight is 436 g/mol. The third-order valence-electron chi connectivity index (χ3n) is 8.74. The number of amides is 1. The maximum atomic E-state index is 13.6. The lowest BCUT2D eigenvalue weighted by atomic mass is 9.72. The molecular formula is C28H41N3O. The molecule has 2 fully saturated rings. The summed E-state index contributed by atoms with van der Waals surface area (Å²) >= 11 is 0. The van der Waals surface area contributed by atoms with E-state index in [1.807, 2.05) is 0 Å². The van der Waals surface area contributed by atoms with Crippen LogP contribution >= 0.6 is 0 Å². The highest BCUT2D eigenvalue weighted by atomic mass is 16.2. The number of carbonyl (C=O) groups excluding carboxylic acids is 1. The van der Waals surface area contributed by atoms with E-state index in [4.69, 9.17) is 0 Å². The molecule has 4 heteroatoms. The van der Waals surface area contributed by atoms with Crippen LogP contribution in [0.2, 0.25) is 0 Å². The molecule has 0 spiro atoms. The van der Waals surface area contributed by atoms with Gasteiger partial charge >= 0.3 is 0 Å². The lowest BCUT2D eigenvalue weighted by Gasteiger charge is -2.46. The first kappa shape index (κ1) is 22.0. The second-order valence-corrected chi connectivity index (χ2v) is 10.8. The van der Waals surface area contributed by atoms with Crippen LogP contribution in [0.25, 0.3) is 10.9 Å². The molecule has 0 unspecified atom stereocenters. The lowest BCUT2D eigenvalue weighted by molar-refractivity contribution is -0.139. The van der Waals surface area contributed by atoms with Crippen molar-refractivity contribution in [2.24, 2.45) is 5.92 Å². The lowest BCUT2D eigenvalue weighted by Crippen LogP contribution is -2.52. The van der Waals surface area contributed by atoms with Crippen molar-refractivity contribution in [2.75, 3.05) is 20.6 Å². The Morgan fingerprint density at radius 3 is 2.69 bits per heavy atom. The van der Waals surface area contributed by atoms with E-state index < -0.39 is 0 Å². The molecule has 0 N–H and O–H groups in total. The number of benzene rings is 1. The van der Waals surface area contributed by atoms with Crippen LogP contribution in [0, 0.1) is 5.92 Å². The highest BCUT2D eigenvalue weighted by molar-refractivity contribution is 5.89. The van der Waals surface area contributed by atoms with Crippen LogP contribution in [0.15, 0.2) is 24.4 Å². The van der Waals surface area contributed by atoms with Crippen molar-refractivity contribution in [3.63, 3.8) is 0 Å². The van der Waals surface area contributed by atoms with E-state index in [0.717, 1.165) is 25.9 Å². The Kier molecular flexibility index (Phi) is 6.33. The maximum absolute atomic E-state index is 13.6. The average Bonchev–Trinajstić information content (AvgIpc) is 2.98. The Labute approximate surface area is 193 Å². The molecule has 5 rings (SSSR count). The number of nitrogens with zero attached hydrogens (tertiary/aromatic N) is 3. The van der Waals surface area contributed by atoms with Gasteiger partial charge in [-0.25, -0.2) is 0 Å². The molecule has 3 atom stereocenters. The van der Waals surface area contributed by atoms with E-state index in [0.29, 0.717) is 23.9 Å². The number of unbranched alkanes of at least 4 members (excludes halogenated alkanes) is 1. The number of aromatic nitrogens is 1. The molecule has 2 aliphatic carbocycles. The summed E-state index contributed by atoms with van der Waals surface area (Å²) < 4.78 is 2.48. The number of aryl methyl sites for hydroxylation is 1. The zero-order valence-corrected chi connectivity index (χ0v) is 20.4. The van der Waals surface area contributed by atoms with Crippen molar-refractivity contribution in [2.45, 2.75) is 95.7 Å². The molecule has 1 aliphatic heterocycles. The summed E-state index contributed by atoms with van der Waals surface area (Å²) in [5, 5.41) is 1.49. The molecule has 1 aromatic carbocycles. The Balaban J connectivity index is 1.41. The first-order chi connectivity index (χ1) is 15.6. The number of hydrogen-bond donors (Lipinski definition) is 0. The first-order valence-electron chi connectivity index (χ1n) is 13.2. The molecule has 0 radical (unpaired) electrons. The monoisotopic (exact) mass is 435 g/mol. The van der Waals surface area contributed by atoms with E-state index in [9.17, 15) is 4.79 Å². The van der Waals surface area contributed by atoms with Crippen LogP contribution in [-0.4, -0.2) is 53.0 Å². The zero-order valence-electron chi connectivity index (χ0n) is 20.4. The van der Waals surface area contributed by atoms with Gasteiger partial charge in [0, 0.05) is 55.2 Å². The van der Waals surface area contributed by atoms with Gasteiger partial charge in [0.25, 0.3) is 0 Å². The van der Waals surface area contributed by atoms with Gasteiger partial charge in [-0.15, -0.1) is 0 Å². The van der Waals surface area contributed by atoms with Crippen molar-refractivity contribution in [1.29, 1.82) is 0 Å². The molecule has 0 bridgehead atoms. The van der Waals surface area contributed by atoms with Gasteiger partial charge in [-0.3, -0.25) is 4.79 Å². The fraction of sp³-hybridized carbons (Fsp3) is 0.679. The summed E-state index contributed by atoms with van der Waals surface area (Å²) in [6.45, 7) is 4.27. The maximum Gasteiger partial charge on any atom is 0.226 e. The molecule has 1 saturated carbocycles. The van der Waals surface area contributed by atoms with Gasteiger partial charge in [0.1, 0.15) is 0 Å². The number of piperidine rings is 1. The number of rotatable bonds is 5. The van der Waals surface area contributed by atoms with Crippen molar-refractivity contribution >= 4 is 16.8 Å². The molecule has 3 aliphatic rings. The molecule has 174 valence electrons. The molecule has 1 saturated heterocycles. The van der Waals surface area contributed by atoms with Crippen molar-refractivity contribution in [1.82, 2.24) is 14.4 Å². The SMILES string of the molecule is CCCCn1cc2c3c(cccc31)[C@H]1C[C@@H](C(=O)N(C)C3CCCCCC3)CN(C)[C@@H]1C2. The number of likely N-dealkylation sites (tertiary alicyclic amines) is 1. The fourth-order valence-corrected chi connectivity index (χ4v) is 6.92. The molecule has 1 amide bonds. The van der Waals surface area contributed by atoms with E-state index in [1.54, 1.807) is 0 Å². The summed E-state index contributed by atoms with van der Waals surface area (Å²) in [4.78, 5) is 18.3. The molecule has 32 heavy (non-hydrogen) atoms. The minimum absolute atomic E-state index is 0.119. The number of fused-ring (bicyclic) bond motifs is 2. The van der Waals surface area contributed by atoms with Gasteiger partial charge in [-0.1, -0.05) is 51.2 Å². The molecular weight excluding hydrogens is 394 g/mol. The van der Waals surface area contributed by atoms with Gasteiger partial charge in [-0.05, 0) is 56.3 Å². The van der Waals surface area contributed by atoms with Crippen LogP contribution in [0.3, 0.4) is 0 Å². The van der Waals surface area contributed by atoms with E-state index in [2.05, 4.69) is 59.8 Å². The summed E-state index contributed by atoms with van der Waals surface area (Å²) in [5.74, 6) is 0.970. The van der Waals surface area contributed by atoms with Gasteiger partial charge in [0.15, 0.2) is 0 Å². The first-order valence-corrected chi connectivity index (χ1v) is 13.2. The largest absolute Gasteiger partial charge is 0.347 e. The zero-order chi connectivity index (χ0) is 22.2. The summed E-state index contributed by atoms with van der Waals surface area (Å²) in [6.07, 6.45) is 14.6. The molecule has 4 nitrogen and oxygen atoms in total. The summed E-state index contributed by atoms with van der Waals surface area (Å²) in [5.41, 5.74) is 4.40. The molecule has 2 heterocycles. The smallest absolute Gasteiger partial charge is 0.226 e. The van der Waals surface area contributed by atoms with Crippen molar-refractivity contribution in [3.05, 3.63) is 35.5 Å². The van der Waals surface area contributed by atoms with Crippen LogP contribution in [-0.2, 0) is 17.8 Å². The van der Waals surface area contributed by atoms with Crippen molar-refractivity contribution in [3.8, 4) is 0 Å². The Hall–Kier alpha value is -1.81. The standard InChI is InChI=1S/C28H41N3O/c1-4-5-15-31-19-20-17-26-24(23-13-10-14-25(31)27(20)23)16-21(18-29(26)2)28(32)30(3)22-11-8-6-7-9-12-22/h10,13-14,19,21-22,24,26H,4-9,11-12,15-18H2,1-3H3/t21-,24-,26-/m1/s1. The quantitative estimate of drug-likeness (QED) is 0.573. The molecule has 2 aromatic rings. The van der Waals surface area contributed by atoms with Gasteiger partial charge < -0.3 is 14.4 Å². The fourth-order valence-electron chi connectivity index (χ4n) is 6.92. The highest BCUT2D eigenvalue weighted by Crippen LogP contribution is 2.45. The van der Waals surface area contributed by atoms with Gasteiger partial charge in [0.2, 0.25) is 5.91 Å². The second-order valence-electron chi connectivity index (χ2n) is 10.8. The Morgan fingerprint density at radius 2 is 1.94 bits per heavy atom. The third kappa shape index (κ3) is 3.89. The predicted molar refractivity (Wildman–Crippen MR) is 132 cm³/mol. The number of likely N-dealkylation sites (N-methyl/N-ethyl adjacent to an activating group) is 1. The minimum Gasteiger partial charge on any atom is -0.347 e. The minimum atomic E-state index is 0.119. The van der Waals surface area contributed by atoms with Crippen LogP contribution in [0.1, 0.15) is 81.8 Å². The van der Waals surface area contributed by atoms with E-state index in [-0.39, 0.29) is 5.92 Å². The summed E-state index contributed by atoms with van der Waals surface area (Å²) in [6, 6.07) is 7.86. The Morgan fingerprint density at radius 1 is 1.16 bits per heavy atom. The van der Waals surface area contributed by atoms with Gasteiger partial charge in [-0.2, -0.15) is 0 Å². The normalized spacial score (nSPS) is 26.7. The number of carbonyl (C=O) groups is 1. The van der Waals surface area contributed by atoms with E-state index in [1.165, 1.54) is 73.4 Å². The molecule has 1 aromatic heterocycles. The second kappa shape index (κ2) is 9.21. The highest BCUT2D eigenvalue weighted by Gasteiger charge is 2.42. The Bertz CT molecular complexity index is 955. The summed E-state index contributed by atoms with van der Waals surface area (Å²) in [7, 11) is 4.33. The number of hydrogen-bond acceptors (Lipinski definition) is 2. The van der Waals surface area contributed by atoms with Crippen LogP contribution in [0.4, 0.5) is 0 Å².